The first-order chi connectivity index (χ1) is 12.1. The monoisotopic (exact) mass is 338 g/mol. The molecule has 2 aromatic heterocycles. The summed E-state index contributed by atoms with van der Waals surface area (Å²) in [6.07, 6.45) is 1.69. The second-order valence-corrected chi connectivity index (χ2v) is 5.56. The first-order valence-corrected chi connectivity index (χ1v) is 8.34. The van der Waals surface area contributed by atoms with Gasteiger partial charge in [-0.1, -0.05) is 19.9 Å². The SMILES string of the molecule is CCc1nnc(NCCC(=O)Nc2cccc(C)n2)c(C#N)c1CC. The Labute approximate surface area is 147 Å². The Hall–Kier alpha value is -3.01. The quantitative estimate of drug-likeness (QED) is 0.804. The van der Waals surface area contributed by atoms with Gasteiger partial charge < -0.3 is 10.6 Å². The van der Waals surface area contributed by atoms with Gasteiger partial charge in [-0.05, 0) is 37.5 Å². The molecular weight excluding hydrogens is 316 g/mol. The Morgan fingerprint density at radius 1 is 1.24 bits per heavy atom. The molecular formula is C18H22N6O. The maximum Gasteiger partial charge on any atom is 0.227 e. The largest absolute Gasteiger partial charge is 0.367 e. The lowest BCUT2D eigenvalue weighted by atomic mass is 10.0. The number of hydrogen-bond acceptors (Lipinski definition) is 6. The van der Waals surface area contributed by atoms with Gasteiger partial charge in [-0.3, -0.25) is 4.79 Å². The number of nitrogens with one attached hydrogen (secondary N) is 2. The van der Waals surface area contributed by atoms with Crippen molar-refractivity contribution in [1.29, 1.82) is 5.26 Å². The number of aryl methyl sites for hydroxylation is 2. The van der Waals surface area contributed by atoms with E-state index in [1.54, 1.807) is 6.07 Å². The molecule has 0 spiro atoms. The molecule has 25 heavy (non-hydrogen) atoms. The van der Waals surface area contributed by atoms with Crippen LogP contribution in [0.25, 0.3) is 0 Å². The highest BCUT2D eigenvalue weighted by Crippen LogP contribution is 2.19. The number of nitriles is 1. The van der Waals surface area contributed by atoms with Crippen molar-refractivity contribution < 1.29 is 4.79 Å². The minimum Gasteiger partial charge on any atom is -0.367 e. The Morgan fingerprint density at radius 2 is 2.04 bits per heavy atom. The molecule has 7 nitrogen and oxygen atoms in total. The van der Waals surface area contributed by atoms with Crippen LogP contribution in [0, 0.1) is 18.3 Å². The van der Waals surface area contributed by atoms with E-state index >= 15 is 0 Å². The van der Waals surface area contributed by atoms with E-state index in [9.17, 15) is 10.1 Å². The Kier molecular flexibility index (Phi) is 6.40. The lowest BCUT2D eigenvalue weighted by Crippen LogP contribution is -2.18. The predicted octanol–water partition coefficient (Wildman–Crippen LogP) is 2.62. The predicted molar refractivity (Wildman–Crippen MR) is 96.2 cm³/mol. The maximum absolute atomic E-state index is 12.0. The molecule has 0 aliphatic carbocycles. The summed E-state index contributed by atoms with van der Waals surface area (Å²) in [7, 11) is 0. The summed E-state index contributed by atoms with van der Waals surface area (Å²) in [5, 5.41) is 23.5. The second kappa shape index (κ2) is 8.73. The highest BCUT2D eigenvalue weighted by atomic mass is 16.1. The van der Waals surface area contributed by atoms with Gasteiger partial charge in [0, 0.05) is 18.7 Å². The zero-order valence-corrected chi connectivity index (χ0v) is 14.8. The molecule has 0 saturated heterocycles. The molecule has 0 aliphatic heterocycles. The van der Waals surface area contributed by atoms with Crippen LogP contribution in [0.4, 0.5) is 11.6 Å². The van der Waals surface area contributed by atoms with Crippen LogP contribution in [0.5, 0.6) is 0 Å². The number of carbonyl (C=O) groups is 1. The van der Waals surface area contributed by atoms with Crippen LogP contribution in [0.1, 0.15) is 42.8 Å². The maximum atomic E-state index is 12.0. The van der Waals surface area contributed by atoms with Gasteiger partial charge in [0.25, 0.3) is 0 Å². The number of anilines is 2. The molecule has 2 aromatic rings. The number of pyridine rings is 1. The Balaban J connectivity index is 1.97. The van der Waals surface area contributed by atoms with E-state index in [-0.39, 0.29) is 12.3 Å². The van der Waals surface area contributed by atoms with Gasteiger partial charge in [-0.2, -0.15) is 10.4 Å². The summed E-state index contributed by atoms with van der Waals surface area (Å²) >= 11 is 0. The molecule has 0 aromatic carbocycles. The van der Waals surface area contributed by atoms with E-state index in [0.717, 1.165) is 29.8 Å². The van der Waals surface area contributed by atoms with E-state index in [4.69, 9.17) is 0 Å². The lowest BCUT2D eigenvalue weighted by Gasteiger charge is -2.12. The first-order valence-electron chi connectivity index (χ1n) is 8.34. The number of amides is 1. The number of rotatable bonds is 7. The van der Waals surface area contributed by atoms with E-state index < -0.39 is 0 Å². The topological polar surface area (TPSA) is 104 Å². The molecule has 2 N–H and O–H groups in total. The standard InChI is InChI=1S/C18H22N6O/c1-4-13-14(11-19)18(24-23-15(13)5-2)20-10-9-17(25)22-16-8-6-7-12(3)21-16/h6-8H,4-5,9-10H2,1-3H3,(H,20,24)(H,21,22,25). The van der Waals surface area contributed by atoms with Crippen molar-refractivity contribution in [1.82, 2.24) is 15.2 Å². The number of carbonyl (C=O) groups excluding carboxylic acids is 1. The molecule has 2 rings (SSSR count). The van der Waals surface area contributed by atoms with Crippen molar-refractivity contribution in [2.75, 3.05) is 17.2 Å². The molecule has 0 atom stereocenters. The van der Waals surface area contributed by atoms with Crippen LogP contribution >= 0.6 is 0 Å². The fourth-order valence-electron chi connectivity index (χ4n) is 2.53. The highest BCUT2D eigenvalue weighted by molar-refractivity contribution is 5.90. The number of aromatic nitrogens is 3. The van der Waals surface area contributed by atoms with Gasteiger partial charge in [0.05, 0.1) is 5.69 Å². The van der Waals surface area contributed by atoms with Crippen LogP contribution in [0.3, 0.4) is 0 Å². The fraction of sp³-hybridized carbons (Fsp3) is 0.389. The van der Waals surface area contributed by atoms with E-state index in [1.165, 1.54) is 0 Å². The Morgan fingerprint density at radius 3 is 2.68 bits per heavy atom. The zero-order chi connectivity index (χ0) is 18.2. The summed E-state index contributed by atoms with van der Waals surface area (Å²) in [5.74, 6) is 0.805. The average molecular weight is 338 g/mol. The van der Waals surface area contributed by atoms with Gasteiger partial charge >= 0.3 is 0 Å². The second-order valence-electron chi connectivity index (χ2n) is 5.56. The third kappa shape index (κ3) is 4.73. The molecule has 0 aliphatic rings. The smallest absolute Gasteiger partial charge is 0.227 e. The van der Waals surface area contributed by atoms with Crippen LogP contribution in [-0.2, 0) is 17.6 Å². The van der Waals surface area contributed by atoms with Crippen LogP contribution < -0.4 is 10.6 Å². The molecule has 0 unspecified atom stereocenters. The number of hydrogen-bond donors (Lipinski definition) is 2. The molecule has 0 bridgehead atoms. The zero-order valence-electron chi connectivity index (χ0n) is 14.8. The normalized spacial score (nSPS) is 10.2. The van der Waals surface area contributed by atoms with Crippen molar-refractivity contribution in [2.24, 2.45) is 0 Å². The first kappa shape index (κ1) is 18.3. The third-order valence-corrected chi connectivity index (χ3v) is 3.76. The van der Waals surface area contributed by atoms with Crippen LogP contribution in [-0.4, -0.2) is 27.6 Å². The van der Waals surface area contributed by atoms with E-state index in [0.29, 0.717) is 23.7 Å². The molecule has 0 fully saturated rings. The van der Waals surface area contributed by atoms with Gasteiger partial charge in [-0.25, -0.2) is 4.98 Å². The van der Waals surface area contributed by atoms with Crippen molar-refractivity contribution in [3.05, 3.63) is 40.7 Å². The molecule has 0 saturated carbocycles. The van der Waals surface area contributed by atoms with Gasteiger partial charge in [0.1, 0.15) is 17.5 Å². The van der Waals surface area contributed by atoms with Gasteiger partial charge in [-0.15, -0.1) is 5.10 Å². The third-order valence-electron chi connectivity index (χ3n) is 3.76. The minimum atomic E-state index is -0.155. The molecule has 2 heterocycles. The van der Waals surface area contributed by atoms with E-state index in [1.807, 2.05) is 32.9 Å². The van der Waals surface area contributed by atoms with Crippen LogP contribution in [0.2, 0.25) is 0 Å². The van der Waals surface area contributed by atoms with E-state index in [2.05, 4.69) is 31.9 Å². The minimum absolute atomic E-state index is 0.155. The van der Waals surface area contributed by atoms with Gasteiger partial charge in [0.2, 0.25) is 5.91 Å². The van der Waals surface area contributed by atoms with Crippen LogP contribution in [0.15, 0.2) is 18.2 Å². The molecule has 0 radical (unpaired) electrons. The summed E-state index contributed by atoms with van der Waals surface area (Å²) in [6, 6.07) is 7.65. The summed E-state index contributed by atoms with van der Waals surface area (Å²) in [6.45, 7) is 6.20. The van der Waals surface area contributed by atoms with Crippen molar-refractivity contribution in [3.63, 3.8) is 0 Å². The summed E-state index contributed by atoms with van der Waals surface area (Å²) in [4.78, 5) is 16.2. The Bertz CT molecular complexity index is 797. The molecule has 7 heteroatoms. The van der Waals surface area contributed by atoms with Crippen molar-refractivity contribution in [3.8, 4) is 6.07 Å². The van der Waals surface area contributed by atoms with Crippen molar-refractivity contribution in [2.45, 2.75) is 40.0 Å². The number of nitrogens with zero attached hydrogens (tertiary/aromatic N) is 4. The highest BCUT2D eigenvalue weighted by Gasteiger charge is 2.14. The average Bonchev–Trinajstić information content (AvgIpc) is 2.60. The fourth-order valence-corrected chi connectivity index (χ4v) is 2.53. The van der Waals surface area contributed by atoms with Crippen molar-refractivity contribution >= 4 is 17.5 Å². The summed E-state index contributed by atoms with van der Waals surface area (Å²) < 4.78 is 0. The lowest BCUT2D eigenvalue weighted by molar-refractivity contribution is -0.116. The molecule has 1 amide bonds. The molecule has 130 valence electrons. The summed E-state index contributed by atoms with van der Waals surface area (Å²) in [5.41, 5.74) is 3.10. The van der Waals surface area contributed by atoms with Gasteiger partial charge in [0.15, 0.2) is 5.82 Å².